The Morgan fingerprint density at radius 3 is 3.05 bits per heavy atom. The molecule has 2 heterocycles. The number of amides is 1. The molecule has 5 nitrogen and oxygen atoms in total. The maximum absolute atomic E-state index is 11.9. The van der Waals surface area contributed by atoms with E-state index in [0.29, 0.717) is 18.3 Å². The Morgan fingerprint density at radius 2 is 2.27 bits per heavy atom. The Kier molecular flexibility index (Phi) is 4.90. The van der Waals surface area contributed by atoms with Crippen LogP contribution in [0.1, 0.15) is 12.8 Å². The Balaban J connectivity index is 1.44. The Labute approximate surface area is 133 Å². The van der Waals surface area contributed by atoms with Gasteiger partial charge in [0.05, 0.1) is 0 Å². The van der Waals surface area contributed by atoms with E-state index in [9.17, 15) is 4.79 Å². The van der Waals surface area contributed by atoms with Crippen LogP contribution in [0.25, 0.3) is 0 Å². The first-order valence-corrected chi connectivity index (χ1v) is 8.31. The van der Waals surface area contributed by atoms with Gasteiger partial charge in [0.15, 0.2) is 11.7 Å². The van der Waals surface area contributed by atoms with E-state index >= 15 is 0 Å². The van der Waals surface area contributed by atoms with Crippen LogP contribution in [0.4, 0.5) is 5.13 Å². The second kappa shape index (κ2) is 7.26. The van der Waals surface area contributed by atoms with E-state index in [1.807, 2.05) is 41.9 Å². The van der Waals surface area contributed by atoms with E-state index in [1.54, 1.807) is 11.3 Å². The molecule has 116 valence electrons. The summed E-state index contributed by atoms with van der Waals surface area (Å²) in [6.45, 7) is 1.69. The minimum Gasteiger partial charge on any atom is -0.484 e. The molecule has 1 aliphatic heterocycles. The SMILES string of the molecule is O=C(COc1ccccc1)NCC1CCCN1c1nccs1. The largest absolute Gasteiger partial charge is 0.484 e. The number of nitrogens with zero attached hydrogens (tertiary/aromatic N) is 2. The van der Waals surface area contributed by atoms with Crippen molar-refractivity contribution in [1.82, 2.24) is 10.3 Å². The molecule has 1 fully saturated rings. The van der Waals surface area contributed by atoms with Crippen LogP contribution in [0.15, 0.2) is 41.9 Å². The fourth-order valence-electron chi connectivity index (χ4n) is 2.61. The molecule has 2 aromatic rings. The average Bonchev–Trinajstić information content (AvgIpc) is 3.22. The number of benzene rings is 1. The monoisotopic (exact) mass is 317 g/mol. The van der Waals surface area contributed by atoms with E-state index in [-0.39, 0.29) is 12.5 Å². The standard InChI is InChI=1S/C16H19N3O2S/c20-15(12-21-14-6-2-1-3-7-14)18-11-13-5-4-9-19(13)16-17-8-10-22-16/h1-3,6-8,10,13H,4-5,9,11-12H2,(H,18,20). The minimum atomic E-state index is -0.0881. The first kappa shape index (κ1) is 14.8. The molecule has 6 heteroatoms. The highest BCUT2D eigenvalue weighted by atomic mass is 32.1. The number of para-hydroxylation sites is 1. The summed E-state index contributed by atoms with van der Waals surface area (Å²) in [6, 6.07) is 9.70. The number of carbonyl (C=O) groups is 1. The van der Waals surface area contributed by atoms with Crippen LogP contribution in [-0.2, 0) is 4.79 Å². The summed E-state index contributed by atoms with van der Waals surface area (Å²) in [4.78, 5) is 18.5. The maximum Gasteiger partial charge on any atom is 0.258 e. The molecular weight excluding hydrogens is 298 g/mol. The highest BCUT2D eigenvalue weighted by Crippen LogP contribution is 2.26. The first-order chi connectivity index (χ1) is 10.8. The quantitative estimate of drug-likeness (QED) is 0.888. The Morgan fingerprint density at radius 1 is 1.41 bits per heavy atom. The van der Waals surface area contributed by atoms with E-state index in [2.05, 4.69) is 15.2 Å². The number of hydrogen-bond acceptors (Lipinski definition) is 5. The summed E-state index contributed by atoms with van der Waals surface area (Å²) in [7, 11) is 0. The number of nitrogens with one attached hydrogen (secondary N) is 1. The third-order valence-electron chi connectivity index (χ3n) is 3.69. The van der Waals surface area contributed by atoms with Gasteiger partial charge in [0.2, 0.25) is 0 Å². The van der Waals surface area contributed by atoms with Gasteiger partial charge in [-0.15, -0.1) is 11.3 Å². The summed E-state index contributed by atoms with van der Waals surface area (Å²) in [6.07, 6.45) is 4.04. The summed E-state index contributed by atoms with van der Waals surface area (Å²) < 4.78 is 5.45. The van der Waals surface area contributed by atoms with Crippen LogP contribution in [0.5, 0.6) is 5.75 Å². The Hall–Kier alpha value is -2.08. The maximum atomic E-state index is 11.9. The Bertz CT molecular complexity index is 589. The number of anilines is 1. The smallest absolute Gasteiger partial charge is 0.258 e. The van der Waals surface area contributed by atoms with Gasteiger partial charge in [-0.05, 0) is 25.0 Å². The summed E-state index contributed by atoms with van der Waals surface area (Å²) >= 11 is 1.64. The molecule has 0 saturated carbocycles. The second-order valence-electron chi connectivity index (χ2n) is 5.21. The van der Waals surface area contributed by atoms with Crippen molar-refractivity contribution in [1.29, 1.82) is 0 Å². The van der Waals surface area contributed by atoms with Gasteiger partial charge < -0.3 is 15.0 Å². The zero-order chi connectivity index (χ0) is 15.2. The van der Waals surface area contributed by atoms with E-state index in [4.69, 9.17) is 4.74 Å². The summed E-state index contributed by atoms with van der Waals surface area (Å²) in [5.74, 6) is 0.623. The van der Waals surface area contributed by atoms with E-state index in [1.165, 1.54) is 0 Å². The molecule has 1 aromatic carbocycles. The van der Waals surface area contributed by atoms with Crippen molar-refractivity contribution in [3.63, 3.8) is 0 Å². The van der Waals surface area contributed by atoms with Crippen molar-refractivity contribution in [3.8, 4) is 5.75 Å². The lowest BCUT2D eigenvalue weighted by molar-refractivity contribution is -0.123. The van der Waals surface area contributed by atoms with Gasteiger partial charge in [-0.25, -0.2) is 4.98 Å². The van der Waals surface area contributed by atoms with E-state index < -0.39 is 0 Å². The van der Waals surface area contributed by atoms with E-state index in [0.717, 1.165) is 24.5 Å². The minimum absolute atomic E-state index is 0.0496. The predicted molar refractivity (Wildman–Crippen MR) is 87.4 cm³/mol. The van der Waals surface area contributed by atoms with Crippen molar-refractivity contribution in [2.75, 3.05) is 24.6 Å². The number of hydrogen-bond donors (Lipinski definition) is 1. The van der Waals surface area contributed by atoms with Crippen molar-refractivity contribution in [3.05, 3.63) is 41.9 Å². The van der Waals surface area contributed by atoms with Gasteiger partial charge in [-0.2, -0.15) is 0 Å². The molecule has 1 unspecified atom stereocenters. The molecule has 0 aliphatic carbocycles. The van der Waals surface area contributed by atoms with Gasteiger partial charge in [-0.1, -0.05) is 18.2 Å². The molecule has 1 N–H and O–H groups in total. The third-order valence-corrected chi connectivity index (χ3v) is 4.50. The van der Waals surface area contributed by atoms with Crippen LogP contribution in [0.2, 0.25) is 0 Å². The van der Waals surface area contributed by atoms with Crippen molar-refractivity contribution in [2.24, 2.45) is 0 Å². The molecule has 0 bridgehead atoms. The van der Waals surface area contributed by atoms with Crippen molar-refractivity contribution in [2.45, 2.75) is 18.9 Å². The molecule has 1 saturated heterocycles. The van der Waals surface area contributed by atoms with Gasteiger partial charge in [-0.3, -0.25) is 4.79 Å². The second-order valence-corrected chi connectivity index (χ2v) is 6.08. The number of aromatic nitrogens is 1. The molecule has 0 radical (unpaired) electrons. The fraction of sp³-hybridized carbons (Fsp3) is 0.375. The molecule has 1 aromatic heterocycles. The fourth-order valence-corrected chi connectivity index (χ4v) is 3.35. The molecule has 0 spiro atoms. The highest BCUT2D eigenvalue weighted by molar-refractivity contribution is 7.13. The van der Waals surface area contributed by atoms with Crippen LogP contribution in [0, 0.1) is 0 Å². The van der Waals surface area contributed by atoms with Crippen molar-refractivity contribution >= 4 is 22.4 Å². The molecule has 22 heavy (non-hydrogen) atoms. The van der Waals surface area contributed by atoms with Gasteiger partial charge in [0.1, 0.15) is 5.75 Å². The molecule has 3 rings (SSSR count). The number of thiazole rings is 1. The molecular formula is C16H19N3O2S. The zero-order valence-electron chi connectivity index (χ0n) is 12.3. The lowest BCUT2D eigenvalue weighted by atomic mass is 10.2. The molecule has 1 atom stereocenters. The van der Waals surface area contributed by atoms with Gasteiger partial charge >= 0.3 is 0 Å². The van der Waals surface area contributed by atoms with Crippen LogP contribution >= 0.6 is 11.3 Å². The van der Waals surface area contributed by atoms with Gasteiger partial charge in [0, 0.05) is 30.7 Å². The summed E-state index contributed by atoms with van der Waals surface area (Å²) in [5, 5.41) is 5.98. The topological polar surface area (TPSA) is 54.5 Å². The highest BCUT2D eigenvalue weighted by Gasteiger charge is 2.26. The summed E-state index contributed by atoms with van der Waals surface area (Å²) in [5.41, 5.74) is 0. The van der Waals surface area contributed by atoms with Crippen molar-refractivity contribution < 1.29 is 9.53 Å². The van der Waals surface area contributed by atoms with Gasteiger partial charge in [0.25, 0.3) is 5.91 Å². The lowest BCUT2D eigenvalue weighted by Crippen LogP contribution is -2.41. The first-order valence-electron chi connectivity index (χ1n) is 7.43. The average molecular weight is 317 g/mol. The number of rotatable bonds is 6. The third kappa shape index (κ3) is 3.76. The van der Waals surface area contributed by atoms with Crippen LogP contribution in [-0.4, -0.2) is 36.6 Å². The lowest BCUT2D eigenvalue weighted by Gasteiger charge is -2.24. The number of ether oxygens (including phenoxy) is 1. The zero-order valence-corrected chi connectivity index (χ0v) is 13.1. The predicted octanol–water partition coefficient (Wildman–Crippen LogP) is 2.31. The normalized spacial score (nSPS) is 17.5. The molecule has 1 aliphatic rings. The van der Waals surface area contributed by atoms with Crippen LogP contribution in [0.3, 0.4) is 0 Å². The molecule has 1 amide bonds. The van der Waals surface area contributed by atoms with Crippen LogP contribution < -0.4 is 15.0 Å². The number of carbonyl (C=O) groups excluding carboxylic acids is 1.